The van der Waals surface area contributed by atoms with Crippen molar-refractivity contribution in [1.82, 2.24) is 9.80 Å². The molecule has 154 valence electrons. The van der Waals surface area contributed by atoms with Crippen LogP contribution in [-0.2, 0) is 9.59 Å². The van der Waals surface area contributed by atoms with Crippen molar-refractivity contribution in [3.63, 3.8) is 0 Å². The molecule has 0 spiro atoms. The lowest BCUT2D eigenvalue weighted by molar-refractivity contribution is -0.137. The number of carbonyl (C=O) groups is 2. The fourth-order valence-electron chi connectivity index (χ4n) is 4.45. The Morgan fingerprint density at radius 2 is 1.79 bits per heavy atom. The van der Waals surface area contributed by atoms with Gasteiger partial charge in [0.25, 0.3) is 0 Å². The number of carbonyl (C=O) groups excluding carboxylic acids is 2. The fourth-order valence-corrected chi connectivity index (χ4v) is 4.45. The molecular formula is C22H33N3O3. The summed E-state index contributed by atoms with van der Waals surface area (Å²) >= 11 is 0. The molecule has 0 unspecified atom stereocenters. The number of benzene rings is 1. The summed E-state index contributed by atoms with van der Waals surface area (Å²) in [6.45, 7) is 6.80. The third-order valence-corrected chi connectivity index (χ3v) is 5.97. The van der Waals surface area contributed by atoms with E-state index in [0.717, 1.165) is 37.4 Å². The fraction of sp³-hybridized carbons (Fsp3) is 0.636. The first kappa shape index (κ1) is 20.6. The molecule has 6 heteroatoms. The molecule has 1 atom stereocenters. The summed E-state index contributed by atoms with van der Waals surface area (Å²) in [4.78, 5) is 29.8. The van der Waals surface area contributed by atoms with Crippen molar-refractivity contribution >= 4 is 17.5 Å². The number of rotatable bonds is 6. The summed E-state index contributed by atoms with van der Waals surface area (Å²) < 4.78 is 5.27. The maximum absolute atomic E-state index is 13.2. The van der Waals surface area contributed by atoms with E-state index in [4.69, 9.17) is 4.74 Å². The molecule has 0 aromatic heterocycles. The molecule has 1 heterocycles. The highest BCUT2D eigenvalue weighted by atomic mass is 16.5. The van der Waals surface area contributed by atoms with Crippen LogP contribution in [-0.4, -0.2) is 60.9 Å². The summed E-state index contributed by atoms with van der Waals surface area (Å²) in [5.41, 5.74) is 0.765. The molecule has 2 amide bonds. The van der Waals surface area contributed by atoms with Crippen molar-refractivity contribution in [2.24, 2.45) is 11.8 Å². The van der Waals surface area contributed by atoms with Crippen molar-refractivity contribution in [3.05, 3.63) is 24.3 Å². The van der Waals surface area contributed by atoms with Crippen molar-refractivity contribution in [1.29, 1.82) is 0 Å². The van der Waals surface area contributed by atoms with Gasteiger partial charge in [0.05, 0.1) is 13.2 Å². The molecule has 1 aliphatic heterocycles. The third kappa shape index (κ3) is 4.85. The minimum atomic E-state index is -0.134. The predicted octanol–water partition coefficient (Wildman–Crippen LogP) is 2.99. The van der Waals surface area contributed by atoms with Gasteiger partial charge in [-0.15, -0.1) is 0 Å². The van der Waals surface area contributed by atoms with Gasteiger partial charge in [0.15, 0.2) is 0 Å². The second-order valence-corrected chi connectivity index (χ2v) is 8.23. The van der Waals surface area contributed by atoms with Gasteiger partial charge in [0.2, 0.25) is 11.8 Å². The van der Waals surface area contributed by atoms with E-state index in [2.05, 4.69) is 10.2 Å². The lowest BCUT2D eigenvalue weighted by Crippen LogP contribution is -2.57. The first-order valence-electron chi connectivity index (χ1n) is 10.5. The highest BCUT2D eigenvalue weighted by Crippen LogP contribution is 2.32. The molecule has 1 aromatic rings. The van der Waals surface area contributed by atoms with Gasteiger partial charge in [-0.2, -0.15) is 0 Å². The molecule has 1 saturated heterocycles. The summed E-state index contributed by atoms with van der Waals surface area (Å²) in [6.07, 6.45) is 4.58. The van der Waals surface area contributed by atoms with E-state index in [1.165, 1.54) is 12.8 Å². The normalized spacial score (nSPS) is 19.6. The zero-order chi connectivity index (χ0) is 20.1. The standard InChI is InChI=1S/C22H33N3O3/c1-16(2)22(27)25-13-11-24(12-14-25)20(17-7-4-5-8-17)21(26)23-18-9-6-10-19(15-18)28-3/h6,9-10,15-17,20H,4-5,7-8,11-14H2,1-3H3,(H,23,26)/t20-/m0/s1. The zero-order valence-corrected chi connectivity index (χ0v) is 17.3. The molecule has 0 bridgehead atoms. The van der Waals surface area contributed by atoms with Crippen LogP contribution in [0, 0.1) is 11.8 Å². The quantitative estimate of drug-likeness (QED) is 0.815. The van der Waals surface area contributed by atoms with Crippen LogP contribution in [0.3, 0.4) is 0 Å². The molecule has 2 fully saturated rings. The monoisotopic (exact) mass is 387 g/mol. The number of amides is 2. The van der Waals surface area contributed by atoms with Crippen molar-refractivity contribution in [3.8, 4) is 5.75 Å². The molecular weight excluding hydrogens is 354 g/mol. The Morgan fingerprint density at radius 3 is 2.39 bits per heavy atom. The Balaban J connectivity index is 1.69. The van der Waals surface area contributed by atoms with Gasteiger partial charge >= 0.3 is 0 Å². The average molecular weight is 388 g/mol. The average Bonchev–Trinajstić information content (AvgIpc) is 3.22. The molecule has 1 saturated carbocycles. The van der Waals surface area contributed by atoms with Gasteiger partial charge in [0, 0.05) is 43.9 Å². The summed E-state index contributed by atoms with van der Waals surface area (Å²) in [6, 6.07) is 7.36. The van der Waals surface area contributed by atoms with Crippen LogP contribution in [0.5, 0.6) is 5.75 Å². The van der Waals surface area contributed by atoms with Crippen molar-refractivity contribution < 1.29 is 14.3 Å². The number of ether oxygens (including phenoxy) is 1. The highest BCUT2D eigenvalue weighted by molar-refractivity contribution is 5.95. The predicted molar refractivity (Wildman–Crippen MR) is 110 cm³/mol. The van der Waals surface area contributed by atoms with Crippen LogP contribution >= 0.6 is 0 Å². The Bertz CT molecular complexity index is 677. The minimum absolute atomic E-state index is 0.0218. The van der Waals surface area contributed by atoms with E-state index in [0.29, 0.717) is 19.0 Å². The maximum atomic E-state index is 13.2. The molecule has 6 nitrogen and oxygen atoms in total. The van der Waals surface area contributed by atoms with E-state index in [-0.39, 0.29) is 23.8 Å². The lowest BCUT2D eigenvalue weighted by Gasteiger charge is -2.41. The Hall–Kier alpha value is -2.08. The molecule has 1 N–H and O–H groups in total. The van der Waals surface area contributed by atoms with Crippen LogP contribution in [0.2, 0.25) is 0 Å². The largest absolute Gasteiger partial charge is 0.497 e. The van der Waals surface area contributed by atoms with Crippen molar-refractivity contribution in [2.75, 3.05) is 38.6 Å². The number of nitrogens with zero attached hydrogens (tertiary/aromatic N) is 2. The van der Waals surface area contributed by atoms with Gasteiger partial charge in [-0.1, -0.05) is 32.8 Å². The molecule has 1 aromatic carbocycles. The first-order valence-corrected chi connectivity index (χ1v) is 10.5. The highest BCUT2D eigenvalue weighted by Gasteiger charge is 2.37. The minimum Gasteiger partial charge on any atom is -0.497 e. The lowest BCUT2D eigenvalue weighted by atomic mass is 9.94. The van der Waals surface area contributed by atoms with E-state index in [9.17, 15) is 9.59 Å². The van der Waals surface area contributed by atoms with E-state index in [1.807, 2.05) is 43.0 Å². The number of methoxy groups -OCH3 is 1. The summed E-state index contributed by atoms with van der Waals surface area (Å²) in [7, 11) is 1.63. The van der Waals surface area contributed by atoms with Crippen LogP contribution in [0.4, 0.5) is 5.69 Å². The summed E-state index contributed by atoms with van der Waals surface area (Å²) in [5.74, 6) is 1.41. The summed E-state index contributed by atoms with van der Waals surface area (Å²) in [5, 5.41) is 3.10. The smallest absolute Gasteiger partial charge is 0.242 e. The van der Waals surface area contributed by atoms with Gasteiger partial charge in [-0.05, 0) is 30.9 Å². The maximum Gasteiger partial charge on any atom is 0.242 e. The number of piperazine rings is 1. The van der Waals surface area contributed by atoms with Crippen LogP contribution in [0.1, 0.15) is 39.5 Å². The Labute approximate surface area is 168 Å². The number of hydrogen-bond donors (Lipinski definition) is 1. The SMILES string of the molecule is COc1cccc(NC(=O)[C@H](C2CCCC2)N2CCN(C(=O)C(C)C)CC2)c1. The first-order chi connectivity index (χ1) is 13.5. The van der Waals surface area contributed by atoms with E-state index in [1.54, 1.807) is 7.11 Å². The van der Waals surface area contributed by atoms with E-state index < -0.39 is 0 Å². The van der Waals surface area contributed by atoms with Gasteiger partial charge in [-0.25, -0.2) is 0 Å². The molecule has 28 heavy (non-hydrogen) atoms. The van der Waals surface area contributed by atoms with Crippen LogP contribution < -0.4 is 10.1 Å². The topological polar surface area (TPSA) is 61.9 Å². The second-order valence-electron chi connectivity index (χ2n) is 8.23. The zero-order valence-electron chi connectivity index (χ0n) is 17.3. The van der Waals surface area contributed by atoms with Gasteiger partial charge in [0.1, 0.15) is 5.75 Å². The number of anilines is 1. The Kier molecular flexibility index (Phi) is 6.94. The second kappa shape index (κ2) is 9.41. The third-order valence-electron chi connectivity index (χ3n) is 5.97. The number of nitrogens with one attached hydrogen (secondary N) is 1. The number of hydrogen-bond acceptors (Lipinski definition) is 4. The molecule has 1 aliphatic carbocycles. The van der Waals surface area contributed by atoms with Crippen LogP contribution in [0.25, 0.3) is 0 Å². The molecule has 0 radical (unpaired) electrons. The van der Waals surface area contributed by atoms with E-state index >= 15 is 0 Å². The van der Waals surface area contributed by atoms with Gasteiger partial charge < -0.3 is 15.0 Å². The molecule has 2 aliphatic rings. The Morgan fingerprint density at radius 1 is 1.11 bits per heavy atom. The molecule has 3 rings (SSSR count). The van der Waals surface area contributed by atoms with Crippen LogP contribution in [0.15, 0.2) is 24.3 Å². The van der Waals surface area contributed by atoms with Crippen molar-refractivity contribution in [2.45, 2.75) is 45.6 Å². The van der Waals surface area contributed by atoms with Gasteiger partial charge in [-0.3, -0.25) is 14.5 Å².